The standard InChI is InChI=1S/C42H55N13O6/c56-29-2-5-33-35(26-29)60-36-27-30(57)3-6-34(36)42(33)32-4-1-28(25-31(32)38(59)61-42)37(58)49-15-16-50-39-51-40(54-21-17-45-11-7-43-8-12-46-18-22-54)53-41(52-39)55-23-19-47-13-9-44-10-14-48-20-24-55/h1-6,25-27,43-48,56-57H,7-24H2,(H,49,58)(H,50,51,52,53). The maximum Gasteiger partial charge on any atom is 0.340 e. The third kappa shape index (κ3) is 9.72. The van der Waals surface area contributed by atoms with Crippen LogP contribution in [0.25, 0.3) is 0 Å². The zero-order valence-electron chi connectivity index (χ0n) is 34.2. The summed E-state index contributed by atoms with van der Waals surface area (Å²) in [6.45, 7) is 13.6. The van der Waals surface area contributed by atoms with Gasteiger partial charge in [-0.25, -0.2) is 4.79 Å². The van der Waals surface area contributed by atoms with Gasteiger partial charge in [-0.15, -0.1) is 0 Å². The largest absolute Gasteiger partial charge is 0.508 e. The fourth-order valence-electron chi connectivity index (χ4n) is 7.95. The van der Waals surface area contributed by atoms with E-state index in [0.29, 0.717) is 67.3 Å². The number of esters is 1. The van der Waals surface area contributed by atoms with Crippen LogP contribution in [0.5, 0.6) is 23.0 Å². The van der Waals surface area contributed by atoms with E-state index in [0.717, 1.165) is 78.5 Å². The molecule has 0 unspecified atom stereocenters. The number of hydrogen-bond donors (Lipinski definition) is 10. The Kier molecular flexibility index (Phi) is 13.5. The van der Waals surface area contributed by atoms with Crippen LogP contribution >= 0.6 is 0 Å². The van der Waals surface area contributed by atoms with Gasteiger partial charge < -0.3 is 72.0 Å². The van der Waals surface area contributed by atoms with Gasteiger partial charge in [-0.05, 0) is 36.4 Å². The number of rotatable bonds is 7. The predicted molar refractivity (Wildman–Crippen MR) is 230 cm³/mol. The molecule has 19 heteroatoms. The Hall–Kier alpha value is -5.83. The van der Waals surface area contributed by atoms with E-state index in [2.05, 4.69) is 52.3 Å². The molecule has 1 amide bonds. The Bertz CT molecular complexity index is 2050. The number of hydrogen-bond acceptors (Lipinski definition) is 18. The van der Waals surface area contributed by atoms with Gasteiger partial charge >= 0.3 is 5.97 Å². The fourth-order valence-corrected chi connectivity index (χ4v) is 7.95. The Labute approximate surface area is 354 Å². The number of aromatic hydroxyl groups is 2. The van der Waals surface area contributed by atoms with Gasteiger partial charge in [-0.2, -0.15) is 15.0 Å². The number of amides is 1. The van der Waals surface area contributed by atoms with E-state index in [-0.39, 0.29) is 46.6 Å². The number of aromatic nitrogens is 3. The van der Waals surface area contributed by atoms with Gasteiger partial charge in [-0.3, -0.25) is 4.79 Å². The zero-order chi connectivity index (χ0) is 42.0. The molecule has 19 nitrogen and oxygen atoms in total. The second kappa shape index (κ2) is 19.7. The summed E-state index contributed by atoms with van der Waals surface area (Å²) < 4.78 is 12.2. The second-order valence-corrected chi connectivity index (χ2v) is 15.2. The molecular formula is C42H55N13O6. The third-order valence-corrected chi connectivity index (χ3v) is 11.1. The molecule has 10 N–H and O–H groups in total. The highest BCUT2D eigenvalue weighted by Gasteiger charge is 2.53. The highest BCUT2D eigenvalue weighted by molar-refractivity contribution is 6.01. The van der Waals surface area contributed by atoms with Crippen LogP contribution in [-0.4, -0.2) is 155 Å². The summed E-state index contributed by atoms with van der Waals surface area (Å²) in [5.74, 6) is 1.07. The first-order chi connectivity index (χ1) is 29.9. The average Bonchev–Trinajstić information content (AvgIpc) is 3.53. The van der Waals surface area contributed by atoms with Crippen molar-refractivity contribution in [3.05, 3.63) is 82.4 Å². The highest BCUT2D eigenvalue weighted by atomic mass is 16.6. The van der Waals surface area contributed by atoms with Crippen LogP contribution in [0.3, 0.4) is 0 Å². The summed E-state index contributed by atoms with van der Waals surface area (Å²) >= 11 is 0. The van der Waals surface area contributed by atoms with E-state index < -0.39 is 11.6 Å². The minimum Gasteiger partial charge on any atom is -0.508 e. The van der Waals surface area contributed by atoms with Crippen LogP contribution in [0, 0.1) is 0 Å². The summed E-state index contributed by atoms with van der Waals surface area (Å²) in [4.78, 5) is 46.4. The maximum absolute atomic E-state index is 13.6. The number of carbonyl (C=O) groups excluding carboxylic acids is 2. The lowest BCUT2D eigenvalue weighted by Crippen LogP contribution is -2.43. The minimum absolute atomic E-state index is 0.0327. The normalized spacial score (nSPS) is 18.7. The molecule has 0 radical (unpaired) electrons. The van der Waals surface area contributed by atoms with E-state index in [4.69, 9.17) is 24.4 Å². The zero-order valence-corrected chi connectivity index (χ0v) is 34.2. The number of phenols is 2. The van der Waals surface area contributed by atoms with Gasteiger partial charge in [0.25, 0.3) is 5.91 Å². The number of ether oxygens (including phenoxy) is 2. The molecule has 2 fully saturated rings. The van der Waals surface area contributed by atoms with Gasteiger partial charge in [0.2, 0.25) is 17.8 Å². The molecule has 4 aliphatic rings. The van der Waals surface area contributed by atoms with Crippen LogP contribution in [-0.2, 0) is 10.3 Å². The lowest BCUT2D eigenvalue weighted by atomic mass is 9.77. The molecule has 1 aromatic heterocycles. The van der Waals surface area contributed by atoms with Crippen molar-refractivity contribution in [2.45, 2.75) is 5.60 Å². The van der Waals surface area contributed by atoms with Crippen molar-refractivity contribution < 1.29 is 29.3 Å². The predicted octanol–water partition coefficient (Wildman–Crippen LogP) is -0.130. The Morgan fingerprint density at radius 1 is 0.623 bits per heavy atom. The highest BCUT2D eigenvalue weighted by Crippen LogP contribution is 2.57. The molecule has 324 valence electrons. The lowest BCUT2D eigenvalue weighted by Gasteiger charge is -2.36. The lowest BCUT2D eigenvalue weighted by molar-refractivity contribution is 0.0224. The number of nitrogens with one attached hydrogen (secondary N) is 8. The Morgan fingerprint density at radius 2 is 1.10 bits per heavy atom. The molecule has 2 saturated heterocycles. The average molecular weight is 838 g/mol. The van der Waals surface area contributed by atoms with Crippen molar-refractivity contribution in [2.24, 2.45) is 0 Å². The number of phenolic OH excluding ortho intramolecular Hbond substituents is 2. The number of fused-ring (bicyclic) bond motifs is 6. The molecule has 61 heavy (non-hydrogen) atoms. The van der Waals surface area contributed by atoms with Crippen molar-refractivity contribution in [1.29, 1.82) is 0 Å². The van der Waals surface area contributed by atoms with E-state index in [9.17, 15) is 19.8 Å². The van der Waals surface area contributed by atoms with Crippen LogP contribution in [0.15, 0.2) is 54.6 Å². The van der Waals surface area contributed by atoms with Crippen LogP contribution in [0.2, 0.25) is 0 Å². The van der Waals surface area contributed by atoms with Crippen molar-refractivity contribution in [3.63, 3.8) is 0 Å². The van der Waals surface area contributed by atoms with Gasteiger partial charge in [0.05, 0.1) is 5.56 Å². The van der Waals surface area contributed by atoms with Crippen LogP contribution < -0.4 is 57.1 Å². The van der Waals surface area contributed by atoms with Crippen molar-refractivity contribution >= 4 is 29.7 Å². The van der Waals surface area contributed by atoms with Crippen LogP contribution in [0.4, 0.5) is 17.8 Å². The summed E-state index contributed by atoms with van der Waals surface area (Å²) in [5.41, 5.74) is 0.617. The maximum atomic E-state index is 13.6. The minimum atomic E-state index is -1.42. The third-order valence-electron chi connectivity index (χ3n) is 11.1. The molecule has 4 aromatic rings. The molecule has 5 heterocycles. The van der Waals surface area contributed by atoms with Gasteiger partial charge in [-0.1, -0.05) is 6.07 Å². The summed E-state index contributed by atoms with van der Waals surface area (Å²) in [6, 6.07) is 14.0. The topological polar surface area (TPSA) is 234 Å². The summed E-state index contributed by atoms with van der Waals surface area (Å²) in [5, 5.41) is 47.7. The van der Waals surface area contributed by atoms with Crippen molar-refractivity contribution in [2.75, 3.05) is 133 Å². The first kappa shape index (κ1) is 41.9. The SMILES string of the molecule is O=C(NCCNc1nc(N2CCNCCNCCNCC2)nc(N2CCNCCNCCNCC2)n1)c1ccc2c(c1)C(=O)OC21c2ccc(O)cc2Oc2cc(O)ccc21. The monoisotopic (exact) mass is 837 g/mol. The molecule has 1 spiro atoms. The summed E-state index contributed by atoms with van der Waals surface area (Å²) in [6.07, 6.45) is 0. The van der Waals surface area contributed by atoms with E-state index in [1.165, 1.54) is 30.3 Å². The molecule has 8 rings (SSSR count). The van der Waals surface area contributed by atoms with Gasteiger partial charge in [0, 0.05) is 152 Å². The van der Waals surface area contributed by atoms with Gasteiger partial charge in [0.15, 0.2) is 5.60 Å². The Balaban J connectivity index is 0.984. The van der Waals surface area contributed by atoms with E-state index in [1.54, 1.807) is 24.3 Å². The number of benzene rings is 3. The molecule has 3 aromatic carbocycles. The van der Waals surface area contributed by atoms with Crippen molar-refractivity contribution in [1.82, 2.24) is 52.2 Å². The van der Waals surface area contributed by atoms with Crippen LogP contribution in [0.1, 0.15) is 37.4 Å². The molecule has 0 saturated carbocycles. The Morgan fingerprint density at radius 3 is 1.61 bits per heavy atom. The molecule has 0 atom stereocenters. The van der Waals surface area contributed by atoms with Crippen molar-refractivity contribution in [3.8, 4) is 23.0 Å². The first-order valence-electron chi connectivity index (χ1n) is 21.1. The molecule has 0 bridgehead atoms. The fraction of sp³-hybridized carbons (Fsp3) is 0.452. The number of nitrogens with zero attached hydrogens (tertiary/aromatic N) is 5. The molecular weight excluding hydrogens is 783 g/mol. The molecule has 0 aliphatic carbocycles. The number of carbonyl (C=O) groups is 2. The smallest absolute Gasteiger partial charge is 0.340 e. The summed E-state index contributed by atoms with van der Waals surface area (Å²) in [7, 11) is 0. The first-order valence-corrected chi connectivity index (χ1v) is 21.1. The second-order valence-electron chi connectivity index (χ2n) is 15.2. The quantitative estimate of drug-likeness (QED) is 0.0863. The van der Waals surface area contributed by atoms with E-state index >= 15 is 0 Å². The van der Waals surface area contributed by atoms with E-state index in [1.807, 2.05) is 0 Å². The molecule has 4 aliphatic heterocycles. The number of anilines is 3. The van der Waals surface area contributed by atoms with Gasteiger partial charge in [0.1, 0.15) is 23.0 Å².